The maximum absolute atomic E-state index is 13.5. The van der Waals surface area contributed by atoms with Gasteiger partial charge in [0.2, 0.25) is 5.82 Å². The molecular weight excluding hydrogens is 425 g/mol. The highest BCUT2D eigenvalue weighted by Crippen LogP contribution is 2.34. The molecule has 1 aliphatic carbocycles. The van der Waals surface area contributed by atoms with Crippen molar-refractivity contribution in [2.75, 3.05) is 0 Å². The van der Waals surface area contributed by atoms with Crippen molar-refractivity contribution in [2.45, 2.75) is 25.3 Å². The fraction of sp³-hybridized carbons (Fsp3) is 0.333. The molecule has 0 amide bonds. The molecule has 0 aliphatic heterocycles. The van der Waals surface area contributed by atoms with Crippen molar-refractivity contribution < 1.29 is 13.5 Å². The second-order valence-corrected chi connectivity index (χ2v) is 7.02. The molecule has 27 heavy (non-hydrogen) atoms. The Balaban J connectivity index is 1.66. The Kier molecular flexibility index (Phi) is 4.50. The minimum Gasteiger partial charge on any atom is -0.295 e. The molecule has 0 spiro atoms. The van der Waals surface area contributed by atoms with E-state index in [4.69, 9.17) is 14.7 Å². The summed E-state index contributed by atoms with van der Waals surface area (Å²) in [4.78, 5) is 15.0. The van der Waals surface area contributed by atoms with E-state index in [-0.39, 0.29) is 28.0 Å². The second-order valence-electron chi connectivity index (χ2n) is 6.17. The fourth-order valence-corrected chi connectivity index (χ4v) is 3.44. The predicted octanol–water partition coefficient (Wildman–Crippen LogP) is 3.41. The molecule has 2 aromatic heterocycles. The number of hydrogen-bond donors (Lipinski definition) is 0. The number of azide groups is 1. The van der Waals surface area contributed by atoms with Crippen molar-refractivity contribution in [1.82, 2.24) is 20.0 Å². The Morgan fingerprint density at radius 2 is 2.19 bits per heavy atom. The summed E-state index contributed by atoms with van der Waals surface area (Å²) in [6.07, 6.45) is 2.02. The molecule has 10 nitrogen and oxygen atoms in total. The topological polar surface area (TPSA) is 136 Å². The summed E-state index contributed by atoms with van der Waals surface area (Å²) in [6.45, 7) is 0. The van der Waals surface area contributed by atoms with Gasteiger partial charge in [0.05, 0.1) is 10.2 Å². The second kappa shape index (κ2) is 6.97. The fourth-order valence-electron chi connectivity index (χ4n) is 3.07. The molecule has 2 heterocycles. The molecule has 1 saturated carbocycles. The Labute approximate surface area is 158 Å². The zero-order chi connectivity index (χ0) is 19.0. The van der Waals surface area contributed by atoms with Gasteiger partial charge in [-0.25, -0.2) is 18.4 Å². The molecule has 0 N–H and O–H groups in total. The average molecular weight is 436 g/mol. The smallest absolute Gasteiger partial charge is 0.295 e. The van der Waals surface area contributed by atoms with Crippen LogP contribution in [0.2, 0.25) is 0 Å². The van der Waals surface area contributed by atoms with Gasteiger partial charge < -0.3 is 0 Å². The maximum Gasteiger partial charge on any atom is 0.446 e. The van der Waals surface area contributed by atoms with Crippen LogP contribution in [0.5, 0.6) is 0 Å². The van der Waals surface area contributed by atoms with Gasteiger partial charge in [0.25, 0.3) is 0 Å². The number of hydrogen-bond acceptors (Lipinski definition) is 7. The van der Waals surface area contributed by atoms with E-state index < -0.39 is 11.6 Å². The van der Waals surface area contributed by atoms with Crippen LogP contribution in [0, 0.1) is 11.7 Å². The van der Waals surface area contributed by atoms with Crippen molar-refractivity contribution in [1.29, 1.82) is 0 Å². The molecule has 1 fully saturated rings. The number of aromatic nitrogens is 4. The SMILES string of the molecule is [N-]=[N+]=NC1CC(Cc2nonc2-c2noc(=O)n2-c2ccc(F)c(Br)c2)C1. The summed E-state index contributed by atoms with van der Waals surface area (Å²) in [7, 11) is 0. The van der Waals surface area contributed by atoms with Crippen LogP contribution in [0.1, 0.15) is 18.5 Å². The largest absolute Gasteiger partial charge is 0.446 e. The van der Waals surface area contributed by atoms with Gasteiger partial charge in [0.15, 0.2) is 5.69 Å². The van der Waals surface area contributed by atoms with Gasteiger partial charge in [-0.1, -0.05) is 15.4 Å². The van der Waals surface area contributed by atoms with Crippen LogP contribution < -0.4 is 5.76 Å². The van der Waals surface area contributed by atoms with E-state index >= 15 is 0 Å². The summed E-state index contributed by atoms with van der Waals surface area (Å²) in [5.41, 5.74) is 9.60. The molecule has 0 saturated heterocycles. The minimum atomic E-state index is -0.746. The van der Waals surface area contributed by atoms with Crippen molar-refractivity contribution in [3.63, 3.8) is 0 Å². The zero-order valence-electron chi connectivity index (χ0n) is 13.6. The van der Waals surface area contributed by atoms with E-state index in [0.717, 1.165) is 17.4 Å². The van der Waals surface area contributed by atoms with Crippen LogP contribution >= 0.6 is 15.9 Å². The van der Waals surface area contributed by atoms with Gasteiger partial charge in [0.1, 0.15) is 11.5 Å². The van der Waals surface area contributed by atoms with Gasteiger partial charge in [-0.2, -0.15) is 0 Å². The predicted molar refractivity (Wildman–Crippen MR) is 92.4 cm³/mol. The van der Waals surface area contributed by atoms with Gasteiger partial charge in [-0.05, 0) is 70.0 Å². The number of rotatable bonds is 5. The molecule has 0 radical (unpaired) electrons. The van der Waals surface area contributed by atoms with Gasteiger partial charge in [-0.3, -0.25) is 4.52 Å². The third kappa shape index (κ3) is 3.24. The Bertz CT molecular complexity index is 1100. The number of halogens is 2. The number of nitrogens with zero attached hydrogens (tertiary/aromatic N) is 7. The lowest BCUT2D eigenvalue weighted by molar-refractivity contribution is 0.254. The highest BCUT2D eigenvalue weighted by atomic mass is 79.9. The first-order chi connectivity index (χ1) is 13.1. The Morgan fingerprint density at radius 1 is 1.37 bits per heavy atom. The third-order valence-corrected chi connectivity index (χ3v) is 5.05. The summed E-state index contributed by atoms with van der Waals surface area (Å²) < 4.78 is 24.5. The highest BCUT2D eigenvalue weighted by molar-refractivity contribution is 9.10. The lowest BCUT2D eigenvalue weighted by atomic mass is 9.78. The van der Waals surface area contributed by atoms with E-state index in [1.54, 1.807) is 0 Å². The molecule has 3 aromatic rings. The van der Waals surface area contributed by atoms with Crippen LogP contribution in [0.15, 0.2) is 41.7 Å². The van der Waals surface area contributed by atoms with Crippen LogP contribution in [-0.2, 0) is 6.42 Å². The highest BCUT2D eigenvalue weighted by Gasteiger charge is 2.31. The first-order valence-electron chi connectivity index (χ1n) is 7.97. The molecule has 12 heteroatoms. The minimum absolute atomic E-state index is 0.00916. The van der Waals surface area contributed by atoms with Crippen LogP contribution in [0.4, 0.5) is 4.39 Å². The summed E-state index contributed by atoms with van der Waals surface area (Å²) in [5, 5.41) is 15.2. The molecule has 4 rings (SSSR count). The van der Waals surface area contributed by atoms with Crippen molar-refractivity contribution >= 4 is 15.9 Å². The van der Waals surface area contributed by atoms with Crippen LogP contribution in [0.3, 0.4) is 0 Å². The standard InChI is InChI=1S/C15H11BrFN7O3/c16-10-6-9(1-2-11(10)17)24-14(22-26-15(24)25)13-12(20-27-21-13)5-7-3-8(4-7)19-23-18/h1-2,6-8H,3-5H2. The van der Waals surface area contributed by atoms with Crippen molar-refractivity contribution in [2.24, 2.45) is 11.0 Å². The first-order valence-corrected chi connectivity index (χ1v) is 8.76. The molecule has 1 aliphatic rings. The average Bonchev–Trinajstić information content (AvgIpc) is 3.22. The normalized spacial score (nSPS) is 18.7. The molecule has 0 atom stereocenters. The first kappa shape index (κ1) is 17.4. The summed E-state index contributed by atoms with van der Waals surface area (Å²) in [5.74, 6) is -0.837. The summed E-state index contributed by atoms with van der Waals surface area (Å²) >= 11 is 3.09. The van der Waals surface area contributed by atoms with Gasteiger partial charge in [-0.15, -0.1) is 0 Å². The summed E-state index contributed by atoms with van der Waals surface area (Å²) in [6, 6.07) is 4.06. The maximum atomic E-state index is 13.5. The quantitative estimate of drug-likeness (QED) is 0.342. The molecule has 1 aromatic carbocycles. The lowest BCUT2D eigenvalue weighted by Crippen LogP contribution is -2.28. The van der Waals surface area contributed by atoms with E-state index in [1.807, 2.05) is 0 Å². The van der Waals surface area contributed by atoms with E-state index in [1.165, 1.54) is 18.2 Å². The number of benzene rings is 1. The molecule has 0 unspecified atom stereocenters. The van der Waals surface area contributed by atoms with Gasteiger partial charge >= 0.3 is 5.76 Å². The molecular formula is C15H11BrFN7O3. The van der Waals surface area contributed by atoms with Crippen LogP contribution in [0.25, 0.3) is 27.6 Å². The third-order valence-electron chi connectivity index (χ3n) is 4.44. The Morgan fingerprint density at radius 3 is 2.93 bits per heavy atom. The zero-order valence-corrected chi connectivity index (χ0v) is 15.2. The Hall–Kier alpha value is -2.98. The van der Waals surface area contributed by atoms with E-state index in [0.29, 0.717) is 17.8 Å². The monoisotopic (exact) mass is 435 g/mol. The van der Waals surface area contributed by atoms with E-state index in [2.05, 4.69) is 41.4 Å². The molecule has 138 valence electrons. The van der Waals surface area contributed by atoms with Crippen molar-refractivity contribution in [3.8, 4) is 17.2 Å². The van der Waals surface area contributed by atoms with Crippen LogP contribution in [-0.4, -0.2) is 26.1 Å². The lowest BCUT2D eigenvalue weighted by Gasteiger charge is -2.31. The van der Waals surface area contributed by atoms with Gasteiger partial charge in [0, 0.05) is 11.0 Å². The van der Waals surface area contributed by atoms with E-state index in [9.17, 15) is 9.18 Å². The molecule has 0 bridgehead atoms. The van der Waals surface area contributed by atoms with Crippen molar-refractivity contribution in [3.05, 3.63) is 55.2 Å².